The Hall–Kier alpha value is -2.84. The summed E-state index contributed by atoms with van der Waals surface area (Å²) in [5.41, 5.74) is 4.39. The molecule has 2 aromatic carbocycles. The molecule has 0 fully saturated rings. The van der Waals surface area contributed by atoms with Gasteiger partial charge < -0.3 is 14.4 Å². The third-order valence-corrected chi connectivity index (χ3v) is 7.53. The van der Waals surface area contributed by atoms with E-state index in [1.807, 2.05) is 19.1 Å². The number of benzene rings is 2. The fourth-order valence-electron chi connectivity index (χ4n) is 4.56. The van der Waals surface area contributed by atoms with Gasteiger partial charge >= 0.3 is 5.97 Å². The standard InChI is InChI=1S/C23H26N2O5S/c1-15-22-17(14-24-31(28,29)19-10-8-18(30-2)9-11-19)7-6-16-4-3-5-20(23(16)22)25(15)13-12-21(26)27/h3-5,8-11,17,24H,6-7,12-14H2,1-2H3,(H,26,27). The number of carboxylic acids is 1. The molecule has 1 atom stereocenters. The number of aromatic nitrogens is 1. The van der Waals surface area contributed by atoms with Crippen LogP contribution in [0, 0.1) is 6.92 Å². The molecule has 0 radical (unpaired) electrons. The highest BCUT2D eigenvalue weighted by molar-refractivity contribution is 7.89. The van der Waals surface area contributed by atoms with Gasteiger partial charge in [-0.05, 0) is 61.2 Å². The Bertz CT molecular complexity index is 1230. The number of carboxylic acid groups (broad SMARTS) is 1. The highest BCUT2D eigenvalue weighted by Gasteiger charge is 2.29. The smallest absolute Gasteiger partial charge is 0.305 e. The van der Waals surface area contributed by atoms with Crippen LogP contribution in [0.15, 0.2) is 47.4 Å². The van der Waals surface area contributed by atoms with E-state index >= 15 is 0 Å². The maximum absolute atomic E-state index is 12.8. The average molecular weight is 443 g/mol. The van der Waals surface area contributed by atoms with Gasteiger partial charge in [-0.3, -0.25) is 4.79 Å². The fraction of sp³-hybridized carbons (Fsp3) is 0.348. The van der Waals surface area contributed by atoms with E-state index in [1.54, 1.807) is 12.1 Å². The van der Waals surface area contributed by atoms with Crippen molar-refractivity contribution in [2.24, 2.45) is 0 Å². The van der Waals surface area contributed by atoms with Gasteiger partial charge in [0.25, 0.3) is 0 Å². The lowest BCUT2D eigenvalue weighted by Gasteiger charge is -2.24. The van der Waals surface area contributed by atoms with Crippen LogP contribution in [0.1, 0.15) is 35.6 Å². The van der Waals surface area contributed by atoms with E-state index in [0.29, 0.717) is 18.8 Å². The van der Waals surface area contributed by atoms with Crippen LogP contribution < -0.4 is 9.46 Å². The molecule has 1 aliphatic rings. The molecule has 0 bridgehead atoms. The van der Waals surface area contributed by atoms with Gasteiger partial charge in [-0.25, -0.2) is 13.1 Å². The molecule has 3 aromatic rings. The molecule has 0 saturated heterocycles. The van der Waals surface area contributed by atoms with Gasteiger partial charge in [-0.2, -0.15) is 0 Å². The highest BCUT2D eigenvalue weighted by Crippen LogP contribution is 2.40. The number of rotatable bonds is 8. The fourth-order valence-corrected chi connectivity index (χ4v) is 5.64. The van der Waals surface area contributed by atoms with Crippen molar-refractivity contribution in [3.8, 4) is 5.75 Å². The van der Waals surface area contributed by atoms with Crippen LogP contribution >= 0.6 is 0 Å². The summed E-state index contributed by atoms with van der Waals surface area (Å²) in [7, 11) is -2.11. The Kier molecular flexibility index (Phi) is 5.77. The molecule has 1 heterocycles. The van der Waals surface area contributed by atoms with Gasteiger partial charge in [0, 0.05) is 35.6 Å². The molecule has 8 heteroatoms. The monoisotopic (exact) mass is 442 g/mol. The summed E-state index contributed by atoms with van der Waals surface area (Å²) in [4.78, 5) is 11.3. The second-order valence-electron chi connectivity index (χ2n) is 7.87. The van der Waals surface area contributed by atoms with Crippen molar-refractivity contribution in [2.45, 2.75) is 43.5 Å². The highest BCUT2D eigenvalue weighted by atomic mass is 32.2. The quantitative estimate of drug-likeness (QED) is 0.557. The summed E-state index contributed by atoms with van der Waals surface area (Å²) < 4.78 is 35.5. The zero-order valence-electron chi connectivity index (χ0n) is 17.6. The molecular weight excluding hydrogens is 416 g/mol. The largest absolute Gasteiger partial charge is 0.497 e. The van der Waals surface area contributed by atoms with E-state index in [9.17, 15) is 13.2 Å². The van der Waals surface area contributed by atoms with Crippen molar-refractivity contribution >= 4 is 26.9 Å². The normalized spacial score (nSPS) is 15.9. The second kappa shape index (κ2) is 8.36. The summed E-state index contributed by atoms with van der Waals surface area (Å²) in [5, 5.41) is 10.3. The Labute approximate surface area is 181 Å². The van der Waals surface area contributed by atoms with Crippen molar-refractivity contribution < 1.29 is 23.1 Å². The van der Waals surface area contributed by atoms with Gasteiger partial charge in [0.15, 0.2) is 0 Å². The maximum Gasteiger partial charge on any atom is 0.305 e. The topological polar surface area (TPSA) is 97.6 Å². The summed E-state index contributed by atoms with van der Waals surface area (Å²) in [6.07, 6.45) is 1.74. The summed E-state index contributed by atoms with van der Waals surface area (Å²) in [6.45, 7) is 2.68. The predicted molar refractivity (Wildman–Crippen MR) is 118 cm³/mol. The zero-order chi connectivity index (χ0) is 22.2. The first-order valence-electron chi connectivity index (χ1n) is 10.3. The van der Waals surface area contributed by atoms with E-state index < -0.39 is 16.0 Å². The number of ether oxygens (including phenoxy) is 1. The van der Waals surface area contributed by atoms with E-state index in [-0.39, 0.29) is 17.2 Å². The molecular formula is C23H26N2O5S. The number of carbonyl (C=O) groups is 1. The maximum atomic E-state index is 12.8. The number of nitrogens with one attached hydrogen (secondary N) is 1. The van der Waals surface area contributed by atoms with Crippen LogP contribution in [0.5, 0.6) is 5.75 Å². The minimum absolute atomic E-state index is 0.0245. The predicted octanol–water partition coefficient (Wildman–Crippen LogP) is 3.44. The lowest BCUT2D eigenvalue weighted by Crippen LogP contribution is -2.30. The van der Waals surface area contributed by atoms with Crippen LogP contribution in [0.2, 0.25) is 0 Å². The first-order valence-corrected chi connectivity index (χ1v) is 11.8. The minimum Gasteiger partial charge on any atom is -0.497 e. The van der Waals surface area contributed by atoms with E-state index in [1.165, 1.54) is 24.8 Å². The van der Waals surface area contributed by atoms with Crippen molar-refractivity contribution in [3.63, 3.8) is 0 Å². The number of hydrogen-bond acceptors (Lipinski definition) is 4. The molecule has 31 heavy (non-hydrogen) atoms. The second-order valence-corrected chi connectivity index (χ2v) is 9.64. The number of aliphatic carboxylic acids is 1. The molecule has 0 aliphatic heterocycles. The third kappa shape index (κ3) is 4.05. The molecule has 7 nitrogen and oxygen atoms in total. The summed E-state index contributed by atoms with van der Waals surface area (Å²) >= 11 is 0. The Morgan fingerprint density at radius 1 is 1.23 bits per heavy atom. The van der Waals surface area contributed by atoms with Crippen LogP contribution in [-0.2, 0) is 27.8 Å². The lowest BCUT2D eigenvalue weighted by molar-refractivity contribution is -0.137. The lowest BCUT2D eigenvalue weighted by atomic mass is 9.83. The molecule has 1 aliphatic carbocycles. The van der Waals surface area contributed by atoms with Crippen LogP contribution in [0.3, 0.4) is 0 Å². The molecule has 0 saturated carbocycles. The minimum atomic E-state index is -3.65. The third-order valence-electron chi connectivity index (χ3n) is 6.09. The molecule has 1 unspecified atom stereocenters. The van der Waals surface area contributed by atoms with Crippen molar-refractivity contribution in [2.75, 3.05) is 13.7 Å². The van der Waals surface area contributed by atoms with Gasteiger partial charge in [0.1, 0.15) is 5.75 Å². The van der Waals surface area contributed by atoms with Gasteiger partial charge in [0.2, 0.25) is 10.0 Å². The first-order chi connectivity index (χ1) is 14.8. The van der Waals surface area contributed by atoms with Crippen LogP contribution in [-0.4, -0.2) is 37.7 Å². The van der Waals surface area contributed by atoms with Crippen molar-refractivity contribution in [1.82, 2.24) is 9.29 Å². The Morgan fingerprint density at radius 2 is 1.97 bits per heavy atom. The van der Waals surface area contributed by atoms with E-state index in [0.717, 1.165) is 35.0 Å². The van der Waals surface area contributed by atoms with E-state index in [2.05, 4.69) is 15.4 Å². The zero-order valence-corrected chi connectivity index (χ0v) is 18.4. The molecule has 4 rings (SSSR count). The van der Waals surface area contributed by atoms with Crippen molar-refractivity contribution in [3.05, 3.63) is 59.3 Å². The van der Waals surface area contributed by atoms with Crippen LogP contribution in [0.4, 0.5) is 0 Å². The number of hydrogen-bond donors (Lipinski definition) is 2. The average Bonchev–Trinajstić information content (AvgIpc) is 3.05. The first kappa shape index (κ1) is 21.4. The Morgan fingerprint density at radius 3 is 2.65 bits per heavy atom. The van der Waals surface area contributed by atoms with Crippen LogP contribution in [0.25, 0.3) is 10.9 Å². The van der Waals surface area contributed by atoms with E-state index in [4.69, 9.17) is 9.84 Å². The SMILES string of the molecule is COc1ccc(S(=O)(=O)NCC2CCc3cccc4c3c2c(C)n4CCC(=O)O)cc1. The molecule has 0 amide bonds. The van der Waals surface area contributed by atoms with Gasteiger partial charge in [-0.15, -0.1) is 0 Å². The number of nitrogens with zero attached hydrogens (tertiary/aromatic N) is 1. The molecule has 0 spiro atoms. The number of aryl methyl sites for hydroxylation is 2. The van der Waals surface area contributed by atoms with Gasteiger partial charge in [0.05, 0.1) is 18.4 Å². The number of methoxy groups -OCH3 is 1. The summed E-state index contributed by atoms with van der Waals surface area (Å²) in [6, 6.07) is 12.4. The summed E-state index contributed by atoms with van der Waals surface area (Å²) in [5.74, 6) is -0.210. The molecule has 164 valence electrons. The molecule has 1 aromatic heterocycles. The van der Waals surface area contributed by atoms with Crippen molar-refractivity contribution in [1.29, 1.82) is 0 Å². The van der Waals surface area contributed by atoms with Gasteiger partial charge in [-0.1, -0.05) is 12.1 Å². The molecule has 2 N–H and O–H groups in total. The Balaban J connectivity index is 1.63. The number of sulfonamides is 1.